The third-order valence-electron chi connectivity index (χ3n) is 4.97. The Morgan fingerprint density at radius 3 is 2.74 bits per heavy atom. The van der Waals surface area contributed by atoms with E-state index in [1.807, 2.05) is 38.1 Å². The van der Waals surface area contributed by atoms with E-state index < -0.39 is 11.4 Å². The van der Waals surface area contributed by atoms with Gasteiger partial charge >= 0.3 is 5.97 Å². The molecule has 2 heterocycles. The number of likely N-dealkylation sites (tertiary alicyclic amines) is 1. The first-order valence-corrected chi connectivity index (χ1v) is 7.81. The Kier molecular flexibility index (Phi) is 3.80. The predicted molar refractivity (Wildman–Crippen MR) is 87.2 cm³/mol. The van der Waals surface area contributed by atoms with Gasteiger partial charge in [0, 0.05) is 30.2 Å². The van der Waals surface area contributed by atoms with Crippen LogP contribution in [-0.4, -0.2) is 40.0 Å². The number of nitrogens with zero attached hydrogens (tertiary/aromatic N) is 2. The molecule has 0 saturated carbocycles. The molecule has 1 aromatic heterocycles. The highest BCUT2D eigenvalue weighted by Gasteiger charge is 2.48. The van der Waals surface area contributed by atoms with Crippen LogP contribution in [0.3, 0.4) is 0 Å². The molecule has 120 valence electrons. The lowest BCUT2D eigenvalue weighted by Gasteiger charge is -2.28. The lowest BCUT2D eigenvalue weighted by Crippen LogP contribution is -2.40. The maximum absolute atomic E-state index is 12.7. The van der Waals surface area contributed by atoms with Gasteiger partial charge in [0.1, 0.15) is 0 Å². The number of hydrogen-bond acceptors (Lipinski definition) is 3. The number of benzene rings is 1. The fourth-order valence-electron chi connectivity index (χ4n) is 3.29. The topological polar surface area (TPSA) is 70.5 Å². The van der Waals surface area contributed by atoms with E-state index in [2.05, 4.69) is 4.98 Å². The zero-order chi connectivity index (χ0) is 16.6. The highest BCUT2D eigenvalue weighted by atomic mass is 16.4. The number of pyridine rings is 1. The second-order valence-corrected chi connectivity index (χ2v) is 6.50. The number of rotatable bonds is 3. The van der Waals surface area contributed by atoms with Crippen LogP contribution in [0.2, 0.25) is 0 Å². The lowest BCUT2D eigenvalue weighted by molar-refractivity contribution is -0.150. The van der Waals surface area contributed by atoms with Crippen LogP contribution >= 0.6 is 0 Å². The summed E-state index contributed by atoms with van der Waals surface area (Å²) < 4.78 is 0. The first-order chi connectivity index (χ1) is 10.9. The molecule has 0 bridgehead atoms. The summed E-state index contributed by atoms with van der Waals surface area (Å²) in [7, 11) is 0. The van der Waals surface area contributed by atoms with Crippen LogP contribution in [0.15, 0.2) is 36.5 Å². The largest absolute Gasteiger partial charge is 0.481 e. The maximum Gasteiger partial charge on any atom is 0.311 e. The molecule has 1 unspecified atom stereocenters. The molecule has 1 saturated heterocycles. The zero-order valence-electron chi connectivity index (χ0n) is 13.3. The van der Waals surface area contributed by atoms with Crippen molar-refractivity contribution in [3.8, 4) is 0 Å². The summed E-state index contributed by atoms with van der Waals surface area (Å²) in [5.74, 6) is -0.941. The number of hydrogen-bond donors (Lipinski definition) is 1. The lowest BCUT2D eigenvalue weighted by atomic mass is 9.76. The standard InChI is InChI=1S/C18H20N2O3/c1-12(2)18(17(22)23)7-9-20(11-18)16(21)14-5-6-15-13(10-14)4-3-8-19-15/h3-6,8,10,12H,7,9,11H2,1-2H3,(H,22,23). The Balaban J connectivity index is 1.87. The molecular weight excluding hydrogens is 292 g/mol. The zero-order valence-corrected chi connectivity index (χ0v) is 13.3. The van der Waals surface area contributed by atoms with Crippen LogP contribution in [0.5, 0.6) is 0 Å². The van der Waals surface area contributed by atoms with Gasteiger partial charge in [0.2, 0.25) is 0 Å². The van der Waals surface area contributed by atoms with Gasteiger partial charge in [-0.15, -0.1) is 0 Å². The van der Waals surface area contributed by atoms with Crippen molar-refractivity contribution in [3.05, 3.63) is 42.1 Å². The second kappa shape index (κ2) is 5.65. The van der Waals surface area contributed by atoms with E-state index in [0.717, 1.165) is 10.9 Å². The fourth-order valence-corrected chi connectivity index (χ4v) is 3.29. The normalized spacial score (nSPS) is 21.1. The van der Waals surface area contributed by atoms with Crippen LogP contribution < -0.4 is 0 Å². The molecule has 1 aliphatic rings. The van der Waals surface area contributed by atoms with Crippen LogP contribution in [0.4, 0.5) is 0 Å². The van der Waals surface area contributed by atoms with E-state index in [1.165, 1.54) is 0 Å². The summed E-state index contributed by atoms with van der Waals surface area (Å²) >= 11 is 0. The van der Waals surface area contributed by atoms with Crippen molar-refractivity contribution in [2.24, 2.45) is 11.3 Å². The minimum atomic E-state index is -0.839. The average molecular weight is 312 g/mol. The summed E-state index contributed by atoms with van der Waals surface area (Å²) in [5, 5.41) is 10.5. The molecule has 1 atom stereocenters. The molecular formula is C18H20N2O3. The van der Waals surface area contributed by atoms with Crippen molar-refractivity contribution in [2.75, 3.05) is 13.1 Å². The van der Waals surface area contributed by atoms with Gasteiger partial charge in [0.05, 0.1) is 10.9 Å². The van der Waals surface area contributed by atoms with Crippen molar-refractivity contribution >= 4 is 22.8 Å². The van der Waals surface area contributed by atoms with Gasteiger partial charge in [-0.3, -0.25) is 14.6 Å². The minimum absolute atomic E-state index is 0.0152. The Morgan fingerprint density at radius 2 is 2.09 bits per heavy atom. The number of aliphatic carboxylic acids is 1. The van der Waals surface area contributed by atoms with Crippen molar-refractivity contribution in [1.82, 2.24) is 9.88 Å². The molecule has 3 rings (SSSR count). The van der Waals surface area contributed by atoms with Crippen molar-refractivity contribution < 1.29 is 14.7 Å². The van der Waals surface area contributed by atoms with E-state index in [0.29, 0.717) is 18.5 Å². The highest BCUT2D eigenvalue weighted by molar-refractivity contribution is 5.98. The molecule has 1 amide bonds. The average Bonchev–Trinajstić information content (AvgIpc) is 3.00. The Bertz CT molecular complexity index is 772. The molecule has 1 aliphatic heterocycles. The summed E-state index contributed by atoms with van der Waals surface area (Å²) in [5.41, 5.74) is 0.580. The maximum atomic E-state index is 12.7. The van der Waals surface area contributed by atoms with Crippen molar-refractivity contribution in [3.63, 3.8) is 0 Å². The monoisotopic (exact) mass is 312 g/mol. The van der Waals surface area contributed by atoms with Gasteiger partial charge in [-0.05, 0) is 36.6 Å². The van der Waals surface area contributed by atoms with Gasteiger partial charge in [-0.25, -0.2) is 0 Å². The summed E-state index contributed by atoms with van der Waals surface area (Å²) in [6.07, 6.45) is 2.22. The fraction of sp³-hybridized carbons (Fsp3) is 0.389. The minimum Gasteiger partial charge on any atom is -0.481 e. The molecule has 0 aliphatic carbocycles. The van der Waals surface area contributed by atoms with E-state index in [9.17, 15) is 14.7 Å². The first-order valence-electron chi connectivity index (χ1n) is 7.81. The van der Waals surface area contributed by atoms with E-state index in [-0.39, 0.29) is 18.4 Å². The SMILES string of the molecule is CC(C)C1(C(=O)O)CCN(C(=O)c2ccc3ncccc3c2)C1. The third-order valence-corrected chi connectivity index (χ3v) is 4.97. The molecule has 0 radical (unpaired) electrons. The van der Waals surface area contributed by atoms with E-state index in [1.54, 1.807) is 17.2 Å². The van der Waals surface area contributed by atoms with Gasteiger partial charge in [0.25, 0.3) is 5.91 Å². The number of carbonyl (C=O) groups excluding carboxylic acids is 1. The summed E-state index contributed by atoms with van der Waals surface area (Å²) in [6.45, 7) is 4.56. The number of aromatic nitrogens is 1. The van der Waals surface area contributed by atoms with E-state index in [4.69, 9.17) is 0 Å². The molecule has 0 spiro atoms. The summed E-state index contributed by atoms with van der Waals surface area (Å²) in [4.78, 5) is 30.3. The van der Waals surface area contributed by atoms with Gasteiger partial charge in [-0.2, -0.15) is 0 Å². The number of amides is 1. The molecule has 1 N–H and O–H groups in total. The highest BCUT2D eigenvalue weighted by Crippen LogP contribution is 2.38. The van der Waals surface area contributed by atoms with Crippen LogP contribution in [0.1, 0.15) is 30.6 Å². The molecule has 1 aromatic carbocycles. The van der Waals surface area contributed by atoms with E-state index >= 15 is 0 Å². The second-order valence-electron chi connectivity index (χ2n) is 6.50. The molecule has 5 heteroatoms. The molecule has 1 fully saturated rings. The van der Waals surface area contributed by atoms with Crippen molar-refractivity contribution in [1.29, 1.82) is 0 Å². The van der Waals surface area contributed by atoms with Crippen LogP contribution in [-0.2, 0) is 4.79 Å². The predicted octanol–water partition coefficient (Wildman–Crippen LogP) is 2.81. The molecule has 5 nitrogen and oxygen atoms in total. The molecule has 2 aromatic rings. The number of carboxylic acid groups (broad SMARTS) is 1. The third kappa shape index (κ3) is 2.56. The van der Waals surface area contributed by atoms with Gasteiger partial charge in [0.15, 0.2) is 0 Å². The molecule has 23 heavy (non-hydrogen) atoms. The Hall–Kier alpha value is -2.43. The number of carboxylic acids is 1. The smallest absolute Gasteiger partial charge is 0.311 e. The van der Waals surface area contributed by atoms with Crippen molar-refractivity contribution in [2.45, 2.75) is 20.3 Å². The van der Waals surface area contributed by atoms with Crippen LogP contribution in [0, 0.1) is 11.3 Å². The summed E-state index contributed by atoms with van der Waals surface area (Å²) in [6, 6.07) is 9.15. The Morgan fingerprint density at radius 1 is 1.30 bits per heavy atom. The van der Waals surface area contributed by atoms with Crippen LogP contribution in [0.25, 0.3) is 10.9 Å². The Labute approximate surface area is 134 Å². The quantitative estimate of drug-likeness (QED) is 0.946. The van der Waals surface area contributed by atoms with Gasteiger partial charge < -0.3 is 10.0 Å². The number of fused-ring (bicyclic) bond motifs is 1. The van der Waals surface area contributed by atoms with Gasteiger partial charge in [-0.1, -0.05) is 19.9 Å². The number of carbonyl (C=O) groups is 2. The first kappa shape index (κ1) is 15.5.